The minimum absolute atomic E-state index is 0.0688. The molecule has 110 valence electrons. The van der Waals surface area contributed by atoms with Crippen LogP contribution >= 0.6 is 15.9 Å². The molecule has 21 heavy (non-hydrogen) atoms. The number of hydrogen-bond acceptors (Lipinski definition) is 5. The molecule has 1 heterocycles. The van der Waals surface area contributed by atoms with Gasteiger partial charge in [0, 0.05) is 17.7 Å². The maximum Gasteiger partial charge on any atom is 0.311 e. The van der Waals surface area contributed by atoms with E-state index in [9.17, 15) is 10.1 Å². The summed E-state index contributed by atoms with van der Waals surface area (Å²) < 4.78 is 7.08. The fourth-order valence-electron chi connectivity index (χ4n) is 2.30. The van der Waals surface area contributed by atoms with Gasteiger partial charge < -0.3 is 9.30 Å². The van der Waals surface area contributed by atoms with Crippen molar-refractivity contribution in [1.29, 1.82) is 0 Å². The first kappa shape index (κ1) is 14.0. The van der Waals surface area contributed by atoms with Crippen LogP contribution in [0.1, 0.15) is 24.7 Å². The van der Waals surface area contributed by atoms with E-state index < -0.39 is 4.92 Å². The van der Waals surface area contributed by atoms with E-state index in [0.717, 1.165) is 18.7 Å². The van der Waals surface area contributed by atoms with E-state index in [1.54, 1.807) is 12.1 Å². The van der Waals surface area contributed by atoms with Gasteiger partial charge in [0.05, 0.1) is 17.4 Å². The Bertz CT molecular complexity index is 697. The minimum atomic E-state index is -0.453. The molecule has 0 N–H and O–H groups in total. The van der Waals surface area contributed by atoms with Crippen molar-refractivity contribution < 1.29 is 9.66 Å². The van der Waals surface area contributed by atoms with Gasteiger partial charge >= 0.3 is 5.69 Å². The smallest absolute Gasteiger partial charge is 0.311 e. The van der Waals surface area contributed by atoms with E-state index in [1.807, 2.05) is 0 Å². The third kappa shape index (κ3) is 2.51. The first-order valence-electron chi connectivity index (χ1n) is 6.48. The Balaban J connectivity index is 2.10. The van der Waals surface area contributed by atoms with Crippen molar-refractivity contribution in [2.75, 3.05) is 7.11 Å². The molecule has 7 nitrogen and oxygen atoms in total. The number of rotatable bonds is 5. The highest BCUT2D eigenvalue weighted by Crippen LogP contribution is 2.40. The molecule has 8 heteroatoms. The van der Waals surface area contributed by atoms with E-state index in [-0.39, 0.29) is 11.4 Å². The first-order chi connectivity index (χ1) is 10.2. The SMILES string of the molecule is COc1ccc(-c2nnc(CBr)n2C2CC2)cc1[N+](=O)[O-]. The fraction of sp³-hybridized carbons (Fsp3) is 0.385. The zero-order valence-corrected chi connectivity index (χ0v) is 12.9. The van der Waals surface area contributed by atoms with E-state index in [4.69, 9.17) is 4.74 Å². The maximum atomic E-state index is 11.1. The largest absolute Gasteiger partial charge is 0.490 e. The summed E-state index contributed by atoms with van der Waals surface area (Å²) in [7, 11) is 1.41. The van der Waals surface area contributed by atoms with E-state index in [2.05, 4.69) is 30.7 Å². The molecule has 0 spiro atoms. The first-order valence-corrected chi connectivity index (χ1v) is 7.60. The van der Waals surface area contributed by atoms with Crippen LogP contribution in [0, 0.1) is 10.1 Å². The minimum Gasteiger partial charge on any atom is -0.490 e. The second-order valence-corrected chi connectivity index (χ2v) is 5.38. The Hall–Kier alpha value is -1.96. The van der Waals surface area contributed by atoms with Gasteiger partial charge in [-0.1, -0.05) is 15.9 Å². The van der Waals surface area contributed by atoms with Crippen molar-refractivity contribution in [2.24, 2.45) is 0 Å². The van der Waals surface area contributed by atoms with Gasteiger partial charge in [-0.15, -0.1) is 10.2 Å². The van der Waals surface area contributed by atoms with Crippen LogP contribution in [0.3, 0.4) is 0 Å². The van der Waals surface area contributed by atoms with Crippen LogP contribution in [0.2, 0.25) is 0 Å². The molecule has 1 aromatic carbocycles. The Morgan fingerprint density at radius 2 is 2.24 bits per heavy atom. The normalized spacial score (nSPS) is 14.2. The van der Waals surface area contributed by atoms with Crippen molar-refractivity contribution in [2.45, 2.75) is 24.2 Å². The molecule has 1 aromatic heterocycles. The lowest BCUT2D eigenvalue weighted by Gasteiger charge is -2.08. The average molecular weight is 353 g/mol. The molecule has 1 aliphatic carbocycles. The lowest BCUT2D eigenvalue weighted by Crippen LogP contribution is -2.02. The summed E-state index contributed by atoms with van der Waals surface area (Å²) in [6.07, 6.45) is 2.17. The Morgan fingerprint density at radius 1 is 1.48 bits per heavy atom. The van der Waals surface area contributed by atoms with Crippen molar-refractivity contribution in [1.82, 2.24) is 14.8 Å². The number of alkyl halides is 1. The lowest BCUT2D eigenvalue weighted by atomic mass is 10.1. The number of nitro groups is 1. The zero-order chi connectivity index (χ0) is 15.0. The number of benzene rings is 1. The second-order valence-electron chi connectivity index (χ2n) is 4.82. The number of nitro benzene ring substituents is 1. The number of halogens is 1. The third-order valence-corrected chi connectivity index (χ3v) is 3.93. The summed E-state index contributed by atoms with van der Waals surface area (Å²) >= 11 is 3.40. The molecule has 1 fully saturated rings. The standard InChI is InChI=1S/C13H13BrN4O3/c1-21-11-5-2-8(6-10(11)18(19)20)13-16-15-12(7-14)17(13)9-3-4-9/h2,5-6,9H,3-4,7H2,1H3. The van der Waals surface area contributed by atoms with Crippen LogP contribution in [-0.4, -0.2) is 26.8 Å². The summed E-state index contributed by atoms with van der Waals surface area (Å²) in [4.78, 5) is 10.7. The molecule has 0 aliphatic heterocycles. The van der Waals surface area contributed by atoms with Gasteiger partial charge in [0.15, 0.2) is 11.6 Å². The number of nitrogens with zero attached hydrogens (tertiary/aromatic N) is 4. The molecule has 0 radical (unpaired) electrons. The highest BCUT2D eigenvalue weighted by atomic mass is 79.9. The second kappa shape index (κ2) is 5.44. The highest BCUT2D eigenvalue weighted by Gasteiger charge is 2.30. The van der Waals surface area contributed by atoms with Crippen molar-refractivity contribution in [3.63, 3.8) is 0 Å². The average Bonchev–Trinajstić information content (AvgIpc) is 3.25. The lowest BCUT2D eigenvalue weighted by molar-refractivity contribution is -0.385. The van der Waals surface area contributed by atoms with Gasteiger partial charge in [-0.05, 0) is 25.0 Å². The monoisotopic (exact) mass is 352 g/mol. The predicted molar refractivity (Wildman–Crippen MR) is 79.6 cm³/mol. The quantitative estimate of drug-likeness (QED) is 0.469. The Kier molecular flexibility index (Phi) is 3.62. The van der Waals surface area contributed by atoms with E-state index >= 15 is 0 Å². The number of ether oxygens (including phenoxy) is 1. The maximum absolute atomic E-state index is 11.1. The molecule has 0 atom stereocenters. The molecule has 0 unspecified atom stereocenters. The van der Waals surface area contributed by atoms with Crippen LogP contribution in [0.4, 0.5) is 5.69 Å². The van der Waals surface area contributed by atoms with E-state index in [1.165, 1.54) is 13.2 Å². The topological polar surface area (TPSA) is 83.1 Å². The molecule has 2 aromatic rings. The summed E-state index contributed by atoms with van der Waals surface area (Å²) in [5.74, 6) is 1.74. The highest BCUT2D eigenvalue weighted by molar-refractivity contribution is 9.08. The zero-order valence-electron chi connectivity index (χ0n) is 11.3. The molecule has 3 rings (SSSR count). The van der Waals surface area contributed by atoms with Crippen LogP contribution in [0.15, 0.2) is 18.2 Å². The van der Waals surface area contributed by atoms with Crippen molar-refractivity contribution in [3.8, 4) is 17.1 Å². The van der Waals surface area contributed by atoms with Crippen LogP contribution in [0.25, 0.3) is 11.4 Å². The van der Waals surface area contributed by atoms with Gasteiger partial charge in [0.2, 0.25) is 0 Å². The molecule has 0 bridgehead atoms. The summed E-state index contributed by atoms with van der Waals surface area (Å²) in [5.41, 5.74) is 0.606. The van der Waals surface area contributed by atoms with Gasteiger partial charge in [0.1, 0.15) is 5.82 Å². The predicted octanol–water partition coefficient (Wildman–Crippen LogP) is 3.09. The van der Waals surface area contributed by atoms with Crippen molar-refractivity contribution in [3.05, 3.63) is 34.1 Å². The Labute approximate surface area is 129 Å². The summed E-state index contributed by atoms with van der Waals surface area (Å²) in [5, 5.41) is 20.1. The van der Waals surface area contributed by atoms with Gasteiger partial charge in [0.25, 0.3) is 0 Å². The van der Waals surface area contributed by atoms with Crippen LogP contribution in [0.5, 0.6) is 5.75 Å². The third-order valence-electron chi connectivity index (χ3n) is 3.43. The van der Waals surface area contributed by atoms with E-state index in [0.29, 0.717) is 22.8 Å². The number of aromatic nitrogens is 3. The molecule has 1 saturated carbocycles. The molecule has 0 amide bonds. The fourth-order valence-corrected chi connectivity index (χ4v) is 2.68. The van der Waals surface area contributed by atoms with Crippen molar-refractivity contribution >= 4 is 21.6 Å². The molecule has 1 aliphatic rings. The summed E-state index contributed by atoms with van der Waals surface area (Å²) in [6, 6.07) is 5.24. The number of methoxy groups -OCH3 is 1. The van der Waals surface area contributed by atoms with Crippen LogP contribution < -0.4 is 4.74 Å². The van der Waals surface area contributed by atoms with Gasteiger partial charge in [-0.3, -0.25) is 10.1 Å². The number of hydrogen-bond donors (Lipinski definition) is 0. The van der Waals surface area contributed by atoms with Gasteiger partial charge in [-0.25, -0.2) is 0 Å². The molecule has 0 saturated heterocycles. The van der Waals surface area contributed by atoms with Gasteiger partial charge in [-0.2, -0.15) is 0 Å². The molecular formula is C13H13BrN4O3. The van der Waals surface area contributed by atoms with Crippen LogP contribution in [-0.2, 0) is 5.33 Å². The molecular weight excluding hydrogens is 340 g/mol. The Morgan fingerprint density at radius 3 is 2.81 bits per heavy atom. The summed E-state index contributed by atoms with van der Waals surface area (Å²) in [6.45, 7) is 0.